The van der Waals surface area contributed by atoms with Gasteiger partial charge in [0, 0.05) is 25.7 Å². The Morgan fingerprint density at radius 1 is 1.11 bits per heavy atom. The van der Waals surface area contributed by atoms with Crippen molar-refractivity contribution in [2.24, 2.45) is 7.05 Å². The van der Waals surface area contributed by atoms with E-state index in [2.05, 4.69) is 33.3 Å². The molecule has 0 amide bonds. The van der Waals surface area contributed by atoms with Crippen LogP contribution < -0.4 is 4.90 Å². The fourth-order valence-electron chi connectivity index (χ4n) is 3.11. The number of imidazole rings is 1. The molecule has 3 rings (SSSR count). The minimum Gasteiger partial charge on any atom is -0.370 e. The van der Waals surface area contributed by atoms with Gasteiger partial charge in [0.25, 0.3) is 0 Å². The summed E-state index contributed by atoms with van der Waals surface area (Å²) in [5, 5.41) is 0. The van der Waals surface area contributed by atoms with Gasteiger partial charge in [0.15, 0.2) is 5.65 Å². The lowest BCUT2D eigenvalue weighted by molar-refractivity contribution is 0.575. The first-order valence-electron chi connectivity index (χ1n) is 6.71. The summed E-state index contributed by atoms with van der Waals surface area (Å²) < 4.78 is 2.07. The standard InChI is InChI=1S/C14H20N4/c1-10-12(18-7-5-4-6-8-18)11(2)16-14-13(10)17(3)9-15-14/h9H,4-8H2,1-3H3. The molecule has 0 unspecified atom stereocenters. The summed E-state index contributed by atoms with van der Waals surface area (Å²) in [7, 11) is 2.04. The molecule has 18 heavy (non-hydrogen) atoms. The highest BCUT2D eigenvalue weighted by molar-refractivity contribution is 5.82. The van der Waals surface area contributed by atoms with Gasteiger partial charge in [-0.1, -0.05) is 0 Å². The van der Waals surface area contributed by atoms with E-state index in [-0.39, 0.29) is 0 Å². The van der Waals surface area contributed by atoms with Crippen molar-refractivity contribution in [1.82, 2.24) is 14.5 Å². The number of piperidine rings is 1. The Balaban J connectivity index is 2.17. The zero-order valence-electron chi connectivity index (χ0n) is 11.4. The fraction of sp³-hybridized carbons (Fsp3) is 0.571. The number of pyridine rings is 1. The predicted molar refractivity (Wildman–Crippen MR) is 74.0 cm³/mol. The molecule has 2 aromatic heterocycles. The second-order valence-corrected chi connectivity index (χ2v) is 5.25. The van der Waals surface area contributed by atoms with E-state index in [4.69, 9.17) is 0 Å². The summed E-state index contributed by atoms with van der Waals surface area (Å²) in [6, 6.07) is 0. The van der Waals surface area contributed by atoms with Gasteiger partial charge in [0.1, 0.15) is 0 Å². The molecule has 0 radical (unpaired) electrons. The molecule has 1 aliphatic heterocycles. The number of hydrogen-bond acceptors (Lipinski definition) is 3. The Bertz CT molecular complexity index is 579. The molecule has 0 aliphatic carbocycles. The summed E-state index contributed by atoms with van der Waals surface area (Å²) in [5.74, 6) is 0. The van der Waals surface area contributed by atoms with Gasteiger partial charge in [-0.25, -0.2) is 9.97 Å². The summed E-state index contributed by atoms with van der Waals surface area (Å²) >= 11 is 0. The van der Waals surface area contributed by atoms with Crippen LogP contribution in [0.15, 0.2) is 6.33 Å². The quantitative estimate of drug-likeness (QED) is 0.773. The van der Waals surface area contributed by atoms with Gasteiger partial charge in [-0.15, -0.1) is 0 Å². The molecule has 0 spiro atoms. The van der Waals surface area contributed by atoms with E-state index in [9.17, 15) is 0 Å². The molecule has 1 saturated heterocycles. The van der Waals surface area contributed by atoms with Gasteiger partial charge in [-0.05, 0) is 33.1 Å². The molecule has 0 bridgehead atoms. The van der Waals surface area contributed by atoms with Crippen LogP contribution in [0.2, 0.25) is 0 Å². The van der Waals surface area contributed by atoms with Crippen LogP contribution in [-0.4, -0.2) is 27.6 Å². The molecule has 0 N–H and O–H groups in total. The van der Waals surface area contributed by atoms with Gasteiger partial charge in [0.2, 0.25) is 0 Å². The average Bonchev–Trinajstić information content (AvgIpc) is 2.72. The molecule has 0 aromatic carbocycles. The van der Waals surface area contributed by atoms with Crippen molar-refractivity contribution in [2.45, 2.75) is 33.1 Å². The van der Waals surface area contributed by atoms with Crippen LogP contribution >= 0.6 is 0 Å². The van der Waals surface area contributed by atoms with Crippen LogP contribution in [0.25, 0.3) is 11.2 Å². The maximum atomic E-state index is 4.66. The summed E-state index contributed by atoms with van der Waals surface area (Å²) in [5.41, 5.74) is 5.79. The smallest absolute Gasteiger partial charge is 0.178 e. The van der Waals surface area contributed by atoms with Crippen LogP contribution in [0.4, 0.5) is 5.69 Å². The van der Waals surface area contributed by atoms with Crippen molar-refractivity contribution >= 4 is 16.9 Å². The van der Waals surface area contributed by atoms with Crippen molar-refractivity contribution in [3.05, 3.63) is 17.6 Å². The molecule has 0 saturated carbocycles. The third-order valence-corrected chi connectivity index (χ3v) is 3.92. The Morgan fingerprint density at radius 3 is 2.56 bits per heavy atom. The molecule has 4 nitrogen and oxygen atoms in total. The average molecular weight is 244 g/mol. The first-order chi connectivity index (χ1) is 8.68. The minimum absolute atomic E-state index is 0.869. The van der Waals surface area contributed by atoms with Crippen LogP contribution in [0.1, 0.15) is 30.5 Å². The lowest BCUT2D eigenvalue weighted by Gasteiger charge is -2.31. The zero-order chi connectivity index (χ0) is 12.7. The van der Waals surface area contributed by atoms with Crippen molar-refractivity contribution in [3.8, 4) is 0 Å². The number of anilines is 1. The van der Waals surface area contributed by atoms with Crippen molar-refractivity contribution in [1.29, 1.82) is 0 Å². The van der Waals surface area contributed by atoms with E-state index in [1.165, 1.54) is 36.0 Å². The van der Waals surface area contributed by atoms with Crippen LogP contribution in [0.5, 0.6) is 0 Å². The topological polar surface area (TPSA) is 34.0 Å². The Hall–Kier alpha value is -1.58. The monoisotopic (exact) mass is 244 g/mol. The molecular formula is C14H20N4. The minimum atomic E-state index is 0.869. The van der Waals surface area contributed by atoms with Gasteiger partial charge in [-0.3, -0.25) is 0 Å². The molecule has 3 heterocycles. The third kappa shape index (κ3) is 1.67. The van der Waals surface area contributed by atoms with Crippen LogP contribution in [0.3, 0.4) is 0 Å². The molecule has 1 aliphatic rings. The Labute approximate surface area is 108 Å². The molecule has 4 heteroatoms. The third-order valence-electron chi connectivity index (χ3n) is 3.92. The molecule has 2 aromatic rings. The number of rotatable bonds is 1. The normalized spacial score (nSPS) is 16.5. The lowest BCUT2D eigenvalue weighted by Crippen LogP contribution is -2.31. The SMILES string of the molecule is Cc1nc2ncn(C)c2c(C)c1N1CCCCC1. The Morgan fingerprint density at radius 2 is 1.83 bits per heavy atom. The second kappa shape index (κ2) is 4.26. The van der Waals surface area contributed by atoms with E-state index in [1.54, 1.807) is 0 Å². The molecule has 1 fully saturated rings. The van der Waals surface area contributed by atoms with Crippen LogP contribution in [0, 0.1) is 13.8 Å². The van der Waals surface area contributed by atoms with Gasteiger partial charge >= 0.3 is 0 Å². The summed E-state index contributed by atoms with van der Waals surface area (Å²) in [4.78, 5) is 11.5. The molecule has 0 atom stereocenters. The summed E-state index contributed by atoms with van der Waals surface area (Å²) in [6.07, 6.45) is 5.80. The largest absolute Gasteiger partial charge is 0.370 e. The highest BCUT2D eigenvalue weighted by Crippen LogP contribution is 2.31. The van der Waals surface area contributed by atoms with Gasteiger partial charge < -0.3 is 9.47 Å². The molecular weight excluding hydrogens is 224 g/mol. The maximum Gasteiger partial charge on any atom is 0.178 e. The second-order valence-electron chi connectivity index (χ2n) is 5.25. The maximum absolute atomic E-state index is 4.66. The van der Waals surface area contributed by atoms with E-state index < -0.39 is 0 Å². The van der Waals surface area contributed by atoms with E-state index in [1.807, 2.05) is 13.4 Å². The number of aromatic nitrogens is 3. The number of nitrogens with zero attached hydrogens (tertiary/aromatic N) is 4. The lowest BCUT2D eigenvalue weighted by atomic mass is 10.1. The highest BCUT2D eigenvalue weighted by atomic mass is 15.2. The van der Waals surface area contributed by atoms with Gasteiger partial charge in [-0.2, -0.15) is 0 Å². The van der Waals surface area contributed by atoms with E-state index in [0.717, 1.165) is 24.4 Å². The summed E-state index contributed by atoms with van der Waals surface area (Å²) in [6.45, 7) is 6.62. The zero-order valence-corrected chi connectivity index (χ0v) is 11.4. The Kier molecular flexibility index (Phi) is 2.73. The predicted octanol–water partition coefficient (Wildman–Crippen LogP) is 2.58. The van der Waals surface area contributed by atoms with Crippen molar-refractivity contribution in [2.75, 3.05) is 18.0 Å². The number of fused-ring (bicyclic) bond motifs is 1. The number of hydrogen-bond donors (Lipinski definition) is 0. The van der Waals surface area contributed by atoms with Crippen LogP contribution in [-0.2, 0) is 7.05 Å². The fourth-order valence-corrected chi connectivity index (χ4v) is 3.11. The van der Waals surface area contributed by atoms with E-state index >= 15 is 0 Å². The number of aryl methyl sites for hydroxylation is 3. The van der Waals surface area contributed by atoms with E-state index in [0.29, 0.717) is 0 Å². The first-order valence-corrected chi connectivity index (χ1v) is 6.71. The van der Waals surface area contributed by atoms with Crippen molar-refractivity contribution in [3.63, 3.8) is 0 Å². The first kappa shape index (κ1) is 11.5. The van der Waals surface area contributed by atoms with Crippen molar-refractivity contribution < 1.29 is 0 Å². The van der Waals surface area contributed by atoms with Gasteiger partial charge in [0.05, 0.1) is 23.2 Å². The molecule has 96 valence electrons. The highest BCUT2D eigenvalue weighted by Gasteiger charge is 2.19.